The normalized spacial score (nSPS) is 10.9. The zero-order valence-electron chi connectivity index (χ0n) is 8.40. The van der Waals surface area contributed by atoms with Gasteiger partial charge in [0, 0.05) is 13.5 Å². The van der Waals surface area contributed by atoms with Gasteiger partial charge >= 0.3 is 0 Å². The average Bonchev–Trinajstić information content (AvgIpc) is 2.82. The van der Waals surface area contributed by atoms with Gasteiger partial charge in [0.05, 0.1) is 4.88 Å². The Morgan fingerprint density at radius 1 is 1.60 bits per heavy atom. The molecule has 0 saturated heterocycles. The molecule has 0 aliphatic carbocycles. The van der Waals surface area contributed by atoms with Crippen molar-refractivity contribution in [3.63, 3.8) is 0 Å². The lowest BCUT2D eigenvalue weighted by Crippen LogP contribution is -2.07. The third-order valence-electron chi connectivity index (χ3n) is 2.24. The zero-order valence-corrected chi connectivity index (χ0v) is 10.8. The van der Waals surface area contributed by atoms with E-state index in [1.54, 1.807) is 11.3 Å². The van der Waals surface area contributed by atoms with Crippen LogP contribution in [0.15, 0.2) is 22.1 Å². The van der Waals surface area contributed by atoms with Crippen molar-refractivity contribution in [3.8, 4) is 10.6 Å². The maximum Gasteiger partial charge on any atom is 0.113 e. The largest absolute Gasteiger partial charge is 0.330 e. The SMILES string of the molecule is Cn1c(CCN)nc(-c2cccs2)c1Br. The first-order valence-corrected chi connectivity index (χ1v) is 6.36. The summed E-state index contributed by atoms with van der Waals surface area (Å²) < 4.78 is 3.07. The van der Waals surface area contributed by atoms with E-state index in [-0.39, 0.29) is 0 Å². The molecule has 0 bridgehead atoms. The predicted octanol–water partition coefficient (Wildman–Crippen LogP) is 2.41. The number of nitrogens with zero attached hydrogens (tertiary/aromatic N) is 2. The van der Waals surface area contributed by atoms with E-state index < -0.39 is 0 Å². The minimum absolute atomic E-state index is 0.626. The number of halogens is 1. The molecular formula is C10H12BrN3S. The Morgan fingerprint density at radius 3 is 3.00 bits per heavy atom. The fraction of sp³-hybridized carbons (Fsp3) is 0.300. The molecule has 0 atom stereocenters. The van der Waals surface area contributed by atoms with E-state index in [9.17, 15) is 0 Å². The first-order chi connectivity index (χ1) is 7.24. The highest BCUT2D eigenvalue weighted by atomic mass is 79.9. The van der Waals surface area contributed by atoms with Crippen LogP contribution in [0.1, 0.15) is 5.82 Å². The third kappa shape index (κ3) is 2.00. The lowest BCUT2D eigenvalue weighted by atomic mass is 10.4. The molecular weight excluding hydrogens is 274 g/mol. The summed E-state index contributed by atoms with van der Waals surface area (Å²) in [5.41, 5.74) is 6.55. The van der Waals surface area contributed by atoms with Crippen LogP contribution >= 0.6 is 27.3 Å². The van der Waals surface area contributed by atoms with Crippen molar-refractivity contribution in [3.05, 3.63) is 27.9 Å². The fourth-order valence-electron chi connectivity index (χ4n) is 1.45. The van der Waals surface area contributed by atoms with Gasteiger partial charge in [0.25, 0.3) is 0 Å². The number of imidazole rings is 1. The van der Waals surface area contributed by atoms with E-state index in [0.29, 0.717) is 6.54 Å². The standard InChI is InChI=1S/C10H12BrN3S/c1-14-8(4-5-12)13-9(10(14)11)7-3-2-6-15-7/h2-3,6H,4-5,12H2,1H3. The molecule has 0 aliphatic heterocycles. The van der Waals surface area contributed by atoms with Gasteiger partial charge in [0.15, 0.2) is 0 Å². The summed E-state index contributed by atoms with van der Waals surface area (Å²) in [6.45, 7) is 0.626. The van der Waals surface area contributed by atoms with Crippen molar-refractivity contribution in [1.29, 1.82) is 0 Å². The van der Waals surface area contributed by atoms with Gasteiger partial charge in [-0.25, -0.2) is 4.98 Å². The maximum absolute atomic E-state index is 5.54. The Bertz CT molecular complexity index is 447. The summed E-state index contributed by atoms with van der Waals surface area (Å²) in [4.78, 5) is 5.77. The second kappa shape index (κ2) is 4.47. The van der Waals surface area contributed by atoms with Gasteiger partial charge in [-0.1, -0.05) is 6.07 Å². The third-order valence-corrected chi connectivity index (χ3v) is 4.02. The lowest BCUT2D eigenvalue weighted by molar-refractivity contribution is 0.767. The fourth-order valence-corrected chi connectivity index (χ4v) is 2.80. The number of rotatable bonds is 3. The minimum Gasteiger partial charge on any atom is -0.330 e. The molecule has 0 fully saturated rings. The number of aromatic nitrogens is 2. The van der Waals surface area contributed by atoms with Gasteiger partial charge in [-0.2, -0.15) is 0 Å². The van der Waals surface area contributed by atoms with Crippen molar-refractivity contribution in [2.45, 2.75) is 6.42 Å². The molecule has 0 spiro atoms. The molecule has 2 heterocycles. The smallest absolute Gasteiger partial charge is 0.113 e. The van der Waals surface area contributed by atoms with Gasteiger partial charge in [-0.05, 0) is 33.9 Å². The molecule has 0 saturated carbocycles. The van der Waals surface area contributed by atoms with Crippen molar-refractivity contribution in [1.82, 2.24) is 9.55 Å². The quantitative estimate of drug-likeness (QED) is 0.941. The maximum atomic E-state index is 5.54. The Kier molecular flexibility index (Phi) is 3.23. The van der Waals surface area contributed by atoms with E-state index in [4.69, 9.17) is 5.73 Å². The van der Waals surface area contributed by atoms with Crippen molar-refractivity contribution in [2.24, 2.45) is 12.8 Å². The van der Waals surface area contributed by atoms with Gasteiger partial charge in [-0.3, -0.25) is 0 Å². The number of hydrogen-bond donors (Lipinski definition) is 1. The Balaban J connectivity index is 2.45. The summed E-state index contributed by atoms with van der Waals surface area (Å²) in [6, 6.07) is 4.10. The van der Waals surface area contributed by atoms with Crippen LogP contribution in [-0.4, -0.2) is 16.1 Å². The molecule has 5 heteroatoms. The minimum atomic E-state index is 0.626. The second-order valence-electron chi connectivity index (χ2n) is 3.24. The molecule has 2 aromatic heterocycles. The lowest BCUT2D eigenvalue weighted by Gasteiger charge is -1.98. The van der Waals surface area contributed by atoms with Crippen LogP contribution < -0.4 is 5.73 Å². The topological polar surface area (TPSA) is 43.8 Å². The first kappa shape index (κ1) is 10.9. The number of hydrogen-bond acceptors (Lipinski definition) is 3. The van der Waals surface area contributed by atoms with E-state index in [0.717, 1.165) is 22.5 Å². The second-order valence-corrected chi connectivity index (χ2v) is 4.94. The summed E-state index contributed by atoms with van der Waals surface area (Å²) >= 11 is 5.25. The highest BCUT2D eigenvalue weighted by Gasteiger charge is 2.13. The van der Waals surface area contributed by atoms with Gasteiger partial charge in [0.1, 0.15) is 16.1 Å². The summed E-state index contributed by atoms with van der Waals surface area (Å²) in [5.74, 6) is 1.02. The van der Waals surface area contributed by atoms with Gasteiger partial charge in [-0.15, -0.1) is 11.3 Å². The van der Waals surface area contributed by atoms with Crippen LogP contribution in [0.3, 0.4) is 0 Å². The molecule has 80 valence electrons. The predicted molar refractivity (Wildman–Crippen MR) is 67.0 cm³/mol. The average molecular weight is 286 g/mol. The van der Waals surface area contributed by atoms with Crippen LogP contribution in [0.4, 0.5) is 0 Å². The van der Waals surface area contributed by atoms with Crippen LogP contribution in [0.5, 0.6) is 0 Å². The zero-order chi connectivity index (χ0) is 10.8. The Labute approximate surface area is 101 Å². The first-order valence-electron chi connectivity index (χ1n) is 4.69. The van der Waals surface area contributed by atoms with Crippen molar-refractivity contribution in [2.75, 3.05) is 6.54 Å². The Morgan fingerprint density at radius 2 is 2.40 bits per heavy atom. The van der Waals surface area contributed by atoms with Crippen LogP contribution in [0.2, 0.25) is 0 Å². The molecule has 0 unspecified atom stereocenters. The molecule has 0 aromatic carbocycles. The van der Waals surface area contributed by atoms with Crippen LogP contribution in [-0.2, 0) is 13.5 Å². The monoisotopic (exact) mass is 285 g/mol. The summed E-state index contributed by atoms with van der Waals surface area (Å²) in [5, 5.41) is 2.05. The van der Waals surface area contributed by atoms with E-state index in [2.05, 4.69) is 32.4 Å². The molecule has 0 amide bonds. The summed E-state index contributed by atoms with van der Waals surface area (Å²) in [6.07, 6.45) is 0.806. The number of thiophene rings is 1. The highest BCUT2D eigenvalue weighted by molar-refractivity contribution is 9.10. The van der Waals surface area contributed by atoms with Crippen LogP contribution in [0, 0.1) is 0 Å². The van der Waals surface area contributed by atoms with E-state index in [1.807, 2.05) is 17.7 Å². The molecule has 2 N–H and O–H groups in total. The van der Waals surface area contributed by atoms with Gasteiger partial charge in [0.2, 0.25) is 0 Å². The summed E-state index contributed by atoms with van der Waals surface area (Å²) in [7, 11) is 2.00. The Hall–Kier alpha value is -0.650. The molecule has 0 radical (unpaired) electrons. The van der Waals surface area contributed by atoms with E-state index in [1.165, 1.54) is 4.88 Å². The highest BCUT2D eigenvalue weighted by Crippen LogP contribution is 2.31. The molecule has 3 nitrogen and oxygen atoms in total. The van der Waals surface area contributed by atoms with Crippen molar-refractivity contribution >= 4 is 27.3 Å². The number of nitrogens with two attached hydrogens (primary N) is 1. The molecule has 15 heavy (non-hydrogen) atoms. The van der Waals surface area contributed by atoms with Gasteiger partial charge < -0.3 is 10.3 Å². The molecule has 2 rings (SSSR count). The van der Waals surface area contributed by atoms with Crippen molar-refractivity contribution < 1.29 is 0 Å². The molecule has 0 aliphatic rings. The molecule has 2 aromatic rings. The van der Waals surface area contributed by atoms with E-state index >= 15 is 0 Å². The van der Waals surface area contributed by atoms with Crippen LogP contribution in [0.25, 0.3) is 10.6 Å².